The lowest BCUT2D eigenvalue weighted by Crippen LogP contribution is -2.13. The number of amides is 1. The highest BCUT2D eigenvalue weighted by atomic mass is 35.5. The minimum absolute atomic E-state index is 0. The van der Waals surface area contributed by atoms with Crippen molar-refractivity contribution in [1.29, 1.82) is 0 Å². The molecule has 7 heteroatoms. The van der Waals surface area contributed by atoms with Crippen molar-refractivity contribution in [2.45, 2.75) is 27.3 Å². The van der Waals surface area contributed by atoms with Crippen LogP contribution in [0, 0.1) is 0 Å². The van der Waals surface area contributed by atoms with Crippen LogP contribution in [0.25, 0.3) is 0 Å². The molecule has 0 aliphatic rings. The van der Waals surface area contributed by atoms with Crippen molar-refractivity contribution >= 4 is 24.0 Å². The van der Waals surface area contributed by atoms with Crippen molar-refractivity contribution in [2.75, 3.05) is 25.1 Å². The summed E-state index contributed by atoms with van der Waals surface area (Å²) in [5.41, 5.74) is 7.72. The molecule has 2 aromatic rings. The highest BCUT2D eigenvalue weighted by Gasteiger charge is 2.18. The van der Waals surface area contributed by atoms with Gasteiger partial charge >= 0.3 is 0 Å². The molecule has 2 aromatic carbocycles. The van der Waals surface area contributed by atoms with Crippen molar-refractivity contribution in [3.8, 4) is 17.2 Å². The molecule has 0 aliphatic heterocycles. The third kappa shape index (κ3) is 6.05. The van der Waals surface area contributed by atoms with E-state index in [1.807, 2.05) is 45.0 Å². The number of carbonyl (C=O) groups is 1. The molecule has 0 heterocycles. The molecule has 3 N–H and O–H groups in total. The van der Waals surface area contributed by atoms with Gasteiger partial charge in [0.15, 0.2) is 11.5 Å². The Hall–Kier alpha value is -2.44. The SMILES string of the molecule is CCOc1cc(C(=O)Nc2ccc(CN)cc2)cc(OCC)c1OCC.Cl. The number of nitrogens with one attached hydrogen (secondary N) is 1. The van der Waals surface area contributed by atoms with Gasteiger partial charge in [0.2, 0.25) is 5.75 Å². The summed E-state index contributed by atoms with van der Waals surface area (Å²) in [7, 11) is 0. The lowest BCUT2D eigenvalue weighted by atomic mass is 10.1. The van der Waals surface area contributed by atoms with Gasteiger partial charge in [-0.1, -0.05) is 12.1 Å². The van der Waals surface area contributed by atoms with Gasteiger partial charge in [-0.3, -0.25) is 4.79 Å². The van der Waals surface area contributed by atoms with Gasteiger partial charge < -0.3 is 25.3 Å². The molecule has 0 atom stereocenters. The highest BCUT2D eigenvalue weighted by molar-refractivity contribution is 6.05. The van der Waals surface area contributed by atoms with Crippen molar-refractivity contribution in [3.05, 3.63) is 47.5 Å². The summed E-state index contributed by atoms with van der Waals surface area (Å²) in [5.74, 6) is 1.24. The van der Waals surface area contributed by atoms with Crippen LogP contribution in [0.5, 0.6) is 17.2 Å². The predicted octanol–water partition coefficient (Wildman–Crippen LogP) is 4.02. The zero-order chi connectivity index (χ0) is 18.9. The number of ether oxygens (including phenoxy) is 3. The minimum Gasteiger partial charge on any atom is -0.490 e. The van der Waals surface area contributed by atoms with Gasteiger partial charge in [0.25, 0.3) is 5.91 Å². The standard InChI is InChI=1S/C20H26N2O4.ClH/c1-4-24-17-11-15(12-18(25-5-2)19(17)26-6-3)20(23)22-16-9-7-14(13-21)8-10-16;/h7-12H,4-6,13,21H2,1-3H3,(H,22,23);1H. The number of anilines is 1. The number of carbonyl (C=O) groups excluding carboxylic acids is 1. The van der Waals surface area contributed by atoms with E-state index in [4.69, 9.17) is 19.9 Å². The smallest absolute Gasteiger partial charge is 0.255 e. The number of hydrogen-bond donors (Lipinski definition) is 2. The van der Waals surface area contributed by atoms with Crippen LogP contribution in [0.1, 0.15) is 36.7 Å². The van der Waals surface area contributed by atoms with E-state index in [1.165, 1.54) is 0 Å². The Bertz CT molecular complexity index is 708. The number of hydrogen-bond acceptors (Lipinski definition) is 5. The molecule has 0 saturated heterocycles. The summed E-state index contributed by atoms with van der Waals surface area (Å²) in [6.07, 6.45) is 0. The maximum Gasteiger partial charge on any atom is 0.255 e. The molecule has 2 rings (SSSR count). The van der Waals surface area contributed by atoms with Gasteiger partial charge in [0.05, 0.1) is 19.8 Å². The van der Waals surface area contributed by atoms with E-state index in [-0.39, 0.29) is 18.3 Å². The Morgan fingerprint density at radius 1 is 0.926 bits per heavy atom. The quantitative estimate of drug-likeness (QED) is 0.671. The van der Waals surface area contributed by atoms with Crippen molar-refractivity contribution in [1.82, 2.24) is 0 Å². The van der Waals surface area contributed by atoms with E-state index in [0.717, 1.165) is 5.56 Å². The molecular formula is C20H27ClN2O4. The van der Waals surface area contributed by atoms with Crippen LogP contribution in [0.3, 0.4) is 0 Å². The second kappa shape index (κ2) is 11.3. The molecular weight excluding hydrogens is 368 g/mol. The van der Waals surface area contributed by atoms with E-state index in [1.54, 1.807) is 12.1 Å². The van der Waals surface area contributed by atoms with E-state index >= 15 is 0 Å². The molecule has 27 heavy (non-hydrogen) atoms. The average molecular weight is 395 g/mol. The van der Waals surface area contributed by atoms with Crippen LogP contribution in [0.15, 0.2) is 36.4 Å². The first-order chi connectivity index (χ1) is 12.6. The molecule has 0 spiro atoms. The molecule has 0 fully saturated rings. The summed E-state index contributed by atoms with van der Waals surface area (Å²) in [5, 5.41) is 2.87. The Balaban J connectivity index is 0.00000364. The van der Waals surface area contributed by atoms with Crippen molar-refractivity contribution < 1.29 is 19.0 Å². The molecule has 0 aromatic heterocycles. The summed E-state index contributed by atoms with van der Waals surface area (Å²) >= 11 is 0. The van der Waals surface area contributed by atoms with Gasteiger partial charge in [0, 0.05) is 17.8 Å². The second-order valence-electron chi connectivity index (χ2n) is 5.46. The van der Waals surface area contributed by atoms with Crippen molar-refractivity contribution in [3.63, 3.8) is 0 Å². The van der Waals surface area contributed by atoms with E-state index in [2.05, 4.69) is 5.32 Å². The minimum atomic E-state index is -0.254. The normalized spacial score (nSPS) is 9.93. The third-order valence-electron chi connectivity index (χ3n) is 3.62. The van der Waals surface area contributed by atoms with Crippen LogP contribution in [0.2, 0.25) is 0 Å². The molecule has 6 nitrogen and oxygen atoms in total. The number of nitrogens with two attached hydrogens (primary N) is 1. The fraction of sp³-hybridized carbons (Fsp3) is 0.350. The molecule has 0 unspecified atom stereocenters. The predicted molar refractivity (Wildman–Crippen MR) is 109 cm³/mol. The summed E-state index contributed by atoms with van der Waals surface area (Å²) < 4.78 is 17.0. The van der Waals surface area contributed by atoms with Crippen LogP contribution < -0.4 is 25.3 Å². The molecule has 0 radical (unpaired) electrons. The zero-order valence-electron chi connectivity index (χ0n) is 15.9. The first kappa shape index (κ1) is 22.6. The van der Waals surface area contributed by atoms with Crippen molar-refractivity contribution in [2.24, 2.45) is 5.73 Å². The molecule has 1 amide bonds. The molecule has 0 aliphatic carbocycles. The average Bonchev–Trinajstić information content (AvgIpc) is 2.65. The first-order valence-electron chi connectivity index (χ1n) is 8.79. The third-order valence-corrected chi connectivity index (χ3v) is 3.62. The second-order valence-corrected chi connectivity index (χ2v) is 5.46. The van der Waals surface area contributed by atoms with Gasteiger partial charge in [-0.2, -0.15) is 0 Å². The Morgan fingerprint density at radius 2 is 1.44 bits per heavy atom. The summed E-state index contributed by atoms with van der Waals surface area (Å²) in [6.45, 7) is 7.48. The highest BCUT2D eigenvalue weighted by Crippen LogP contribution is 2.39. The summed E-state index contributed by atoms with van der Waals surface area (Å²) in [6, 6.07) is 10.7. The Labute approximate surface area is 166 Å². The topological polar surface area (TPSA) is 82.8 Å². The lowest BCUT2D eigenvalue weighted by molar-refractivity contribution is 0.102. The van der Waals surface area contributed by atoms with Crippen LogP contribution in [0.4, 0.5) is 5.69 Å². The van der Waals surface area contributed by atoms with Crippen LogP contribution in [-0.2, 0) is 6.54 Å². The van der Waals surface area contributed by atoms with E-state index in [0.29, 0.717) is 54.9 Å². The Kier molecular flexibility index (Phi) is 9.47. The van der Waals surface area contributed by atoms with Crippen LogP contribution in [-0.4, -0.2) is 25.7 Å². The number of rotatable bonds is 9. The molecule has 0 bridgehead atoms. The lowest BCUT2D eigenvalue weighted by Gasteiger charge is -2.17. The number of halogens is 1. The van der Waals surface area contributed by atoms with Gasteiger partial charge in [-0.15, -0.1) is 12.4 Å². The zero-order valence-corrected chi connectivity index (χ0v) is 16.7. The first-order valence-corrected chi connectivity index (χ1v) is 8.79. The fourth-order valence-corrected chi connectivity index (χ4v) is 2.45. The molecule has 0 saturated carbocycles. The maximum absolute atomic E-state index is 12.7. The van der Waals surface area contributed by atoms with Crippen LogP contribution >= 0.6 is 12.4 Å². The molecule has 148 valence electrons. The summed E-state index contributed by atoms with van der Waals surface area (Å²) in [4.78, 5) is 12.7. The van der Waals surface area contributed by atoms with E-state index < -0.39 is 0 Å². The van der Waals surface area contributed by atoms with Gasteiger partial charge in [0.1, 0.15) is 0 Å². The van der Waals surface area contributed by atoms with Gasteiger partial charge in [-0.05, 0) is 50.6 Å². The Morgan fingerprint density at radius 3 is 1.89 bits per heavy atom. The largest absolute Gasteiger partial charge is 0.490 e. The van der Waals surface area contributed by atoms with Gasteiger partial charge in [-0.25, -0.2) is 0 Å². The fourth-order valence-electron chi connectivity index (χ4n) is 2.45. The monoisotopic (exact) mass is 394 g/mol. The number of benzene rings is 2. The maximum atomic E-state index is 12.7. The van der Waals surface area contributed by atoms with E-state index in [9.17, 15) is 4.79 Å².